The molecule has 112 valence electrons. The molecule has 0 unspecified atom stereocenters. The van der Waals surface area contributed by atoms with Crippen LogP contribution in [0.5, 0.6) is 0 Å². The van der Waals surface area contributed by atoms with Gasteiger partial charge in [0.1, 0.15) is 6.10 Å². The van der Waals surface area contributed by atoms with Crippen LogP contribution < -0.4 is 10.2 Å². The van der Waals surface area contributed by atoms with Crippen LogP contribution in [-0.4, -0.2) is 31.6 Å². The number of rotatable bonds is 4. The third kappa shape index (κ3) is 3.31. The Morgan fingerprint density at radius 3 is 2.90 bits per heavy atom. The number of nitrogens with zero attached hydrogens (tertiary/aromatic N) is 1. The molecule has 21 heavy (non-hydrogen) atoms. The molecule has 1 aromatic carbocycles. The number of methoxy groups -OCH3 is 1. The van der Waals surface area contributed by atoms with Crippen LogP contribution in [0.3, 0.4) is 0 Å². The number of carbonyl (C=O) groups excluding carboxylic acids is 2. The van der Waals surface area contributed by atoms with E-state index in [1.165, 1.54) is 13.2 Å². The second-order valence-electron chi connectivity index (χ2n) is 5.01. The molecular weight excluding hydrogens is 268 g/mol. The van der Waals surface area contributed by atoms with E-state index in [1.54, 1.807) is 11.8 Å². The maximum Gasteiger partial charge on any atom is 0.255 e. The minimum atomic E-state index is -0.484. The summed E-state index contributed by atoms with van der Waals surface area (Å²) in [5.41, 5.74) is 2.61. The van der Waals surface area contributed by atoms with Crippen LogP contribution in [-0.2, 0) is 20.7 Å². The first-order valence-electron chi connectivity index (χ1n) is 6.97. The number of hydrogen-bond acceptors (Lipinski definition) is 3. The Balaban J connectivity index is 2.31. The van der Waals surface area contributed by atoms with Gasteiger partial charge < -0.3 is 15.0 Å². The number of fused-ring (bicyclic) bond motifs is 1. The van der Waals surface area contributed by atoms with Gasteiger partial charge in [-0.15, -0.1) is 0 Å². The average molecular weight is 288 g/mol. The lowest BCUT2D eigenvalue weighted by Gasteiger charge is -2.31. The minimum Gasteiger partial charge on any atom is -0.372 e. The van der Waals surface area contributed by atoms with Crippen molar-refractivity contribution in [2.45, 2.75) is 25.9 Å². The standard InChI is InChI=1S/C16H20N2O3/c1-4-15(19)17-13-8-7-12-6-5-9-18(14(12)10-13)16(20)11(2)21-3/h4,7-8,10-11H,1,5-6,9H2,2-3H3,(H,17,19)/t11-/m0/s1. The van der Waals surface area contributed by atoms with E-state index in [0.29, 0.717) is 12.2 Å². The van der Waals surface area contributed by atoms with Crippen molar-refractivity contribution in [1.29, 1.82) is 0 Å². The van der Waals surface area contributed by atoms with Gasteiger partial charge >= 0.3 is 0 Å². The number of benzene rings is 1. The molecule has 0 aliphatic carbocycles. The normalized spacial score (nSPS) is 15.0. The van der Waals surface area contributed by atoms with Crippen LogP contribution in [0.25, 0.3) is 0 Å². The van der Waals surface area contributed by atoms with Gasteiger partial charge in [-0.05, 0) is 43.5 Å². The second-order valence-corrected chi connectivity index (χ2v) is 5.01. The van der Waals surface area contributed by atoms with Crippen molar-refractivity contribution in [1.82, 2.24) is 0 Å². The topological polar surface area (TPSA) is 58.6 Å². The highest BCUT2D eigenvalue weighted by Gasteiger charge is 2.26. The van der Waals surface area contributed by atoms with Gasteiger partial charge in [-0.3, -0.25) is 9.59 Å². The van der Waals surface area contributed by atoms with Crippen LogP contribution >= 0.6 is 0 Å². The predicted octanol–water partition coefficient (Wildman–Crippen LogP) is 2.13. The Labute approximate surface area is 124 Å². The molecule has 2 amide bonds. The second kappa shape index (κ2) is 6.54. The summed E-state index contributed by atoms with van der Waals surface area (Å²) in [5, 5.41) is 2.72. The number of nitrogens with one attached hydrogen (secondary N) is 1. The van der Waals surface area contributed by atoms with Crippen LogP contribution in [0.15, 0.2) is 30.9 Å². The van der Waals surface area contributed by atoms with Gasteiger partial charge in [-0.25, -0.2) is 0 Å². The Morgan fingerprint density at radius 1 is 1.48 bits per heavy atom. The molecule has 1 aromatic rings. The summed E-state index contributed by atoms with van der Waals surface area (Å²) in [6.45, 7) is 5.83. The van der Waals surface area contributed by atoms with Crippen molar-refractivity contribution in [3.05, 3.63) is 36.4 Å². The van der Waals surface area contributed by atoms with E-state index in [4.69, 9.17) is 4.74 Å². The number of amides is 2. The van der Waals surface area contributed by atoms with Crippen LogP contribution in [0.2, 0.25) is 0 Å². The first-order valence-corrected chi connectivity index (χ1v) is 6.97. The highest BCUT2D eigenvalue weighted by Crippen LogP contribution is 2.30. The van der Waals surface area contributed by atoms with E-state index in [0.717, 1.165) is 24.1 Å². The number of aryl methyl sites for hydroxylation is 1. The third-order valence-electron chi connectivity index (χ3n) is 3.62. The van der Waals surface area contributed by atoms with Crippen LogP contribution in [0.1, 0.15) is 18.9 Å². The molecule has 1 aliphatic heterocycles. The van der Waals surface area contributed by atoms with Gasteiger partial charge in [0.15, 0.2) is 0 Å². The molecule has 2 rings (SSSR count). The van der Waals surface area contributed by atoms with E-state index in [1.807, 2.05) is 18.2 Å². The lowest BCUT2D eigenvalue weighted by molar-refractivity contribution is -0.127. The Kier molecular flexibility index (Phi) is 4.75. The maximum atomic E-state index is 12.4. The van der Waals surface area contributed by atoms with Crippen molar-refractivity contribution in [3.63, 3.8) is 0 Å². The summed E-state index contributed by atoms with van der Waals surface area (Å²) in [7, 11) is 1.52. The molecule has 1 N–H and O–H groups in total. The van der Waals surface area contributed by atoms with Crippen molar-refractivity contribution in [2.75, 3.05) is 23.9 Å². The van der Waals surface area contributed by atoms with E-state index >= 15 is 0 Å². The van der Waals surface area contributed by atoms with Crippen molar-refractivity contribution in [3.8, 4) is 0 Å². The molecule has 1 aliphatic rings. The first kappa shape index (κ1) is 15.3. The van der Waals surface area contributed by atoms with Crippen molar-refractivity contribution in [2.24, 2.45) is 0 Å². The van der Waals surface area contributed by atoms with Crippen molar-refractivity contribution >= 4 is 23.2 Å². The fourth-order valence-corrected chi connectivity index (χ4v) is 2.39. The van der Waals surface area contributed by atoms with E-state index in [9.17, 15) is 9.59 Å². The molecule has 0 radical (unpaired) electrons. The van der Waals surface area contributed by atoms with Gasteiger partial charge in [0.25, 0.3) is 5.91 Å². The molecule has 1 atom stereocenters. The average Bonchev–Trinajstić information content (AvgIpc) is 2.52. The smallest absolute Gasteiger partial charge is 0.255 e. The van der Waals surface area contributed by atoms with E-state index in [-0.39, 0.29) is 11.8 Å². The largest absolute Gasteiger partial charge is 0.372 e. The molecule has 5 nitrogen and oxygen atoms in total. The molecule has 5 heteroatoms. The summed E-state index contributed by atoms with van der Waals surface area (Å²) in [6, 6.07) is 5.62. The fraction of sp³-hybridized carbons (Fsp3) is 0.375. The van der Waals surface area contributed by atoms with Gasteiger partial charge in [-0.2, -0.15) is 0 Å². The molecule has 0 bridgehead atoms. The summed E-state index contributed by atoms with van der Waals surface area (Å²) in [6.07, 6.45) is 2.58. The zero-order chi connectivity index (χ0) is 15.4. The van der Waals surface area contributed by atoms with Crippen LogP contribution in [0, 0.1) is 0 Å². The zero-order valence-electron chi connectivity index (χ0n) is 12.4. The number of carbonyl (C=O) groups is 2. The fourth-order valence-electron chi connectivity index (χ4n) is 2.39. The molecule has 0 aromatic heterocycles. The SMILES string of the molecule is C=CC(=O)Nc1ccc2c(c1)N(C(=O)[C@H](C)OC)CCC2. The summed E-state index contributed by atoms with van der Waals surface area (Å²) >= 11 is 0. The quantitative estimate of drug-likeness (QED) is 0.863. The highest BCUT2D eigenvalue weighted by atomic mass is 16.5. The minimum absolute atomic E-state index is 0.0642. The number of anilines is 2. The Hall–Kier alpha value is -2.14. The Bertz CT molecular complexity index is 569. The van der Waals surface area contributed by atoms with Crippen LogP contribution in [0.4, 0.5) is 11.4 Å². The first-order chi connectivity index (χ1) is 10.1. The predicted molar refractivity (Wildman–Crippen MR) is 82.4 cm³/mol. The van der Waals surface area contributed by atoms with E-state index in [2.05, 4.69) is 11.9 Å². The highest BCUT2D eigenvalue weighted by molar-refractivity contribution is 6.01. The molecule has 0 spiro atoms. The zero-order valence-corrected chi connectivity index (χ0v) is 12.4. The Morgan fingerprint density at radius 2 is 2.24 bits per heavy atom. The lowest BCUT2D eigenvalue weighted by atomic mass is 10.0. The summed E-state index contributed by atoms with van der Waals surface area (Å²) < 4.78 is 5.12. The monoisotopic (exact) mass is 288 g/mol. The molecular formula is C16H20N2O3. The van der Waals surface area contributed by atoms with E-state index < -0.39 is 6.10 Å². The van der Waals surface area contributed by atoms with Gasteiger partial charge in [0.05, 0.1) is 0 Å². The molecule has 0 saturated heterocycles. The summed E-state index contributed by atoms with van der Waals surface area (Å²) in [4.78, 5) is 25.5. The van der Waals surface area contributed by atoms with Gasteiger partial charge in [0.2, 0.25) is 5.91 Å². The third-order valence-corrected chi connectivity index (χ3v) is 3.62. The lowest BCUT2D eigenvalue weighted by Crippen LogP contribution is -2.41. The summed E-state index contributed by atoms with van der Waals surface area (Å²) in [5.74, 6) is -0.334. The van der Waals surface area contributed by atoms with Crippen molar-refractivity contribution < 1.29 is 14.3 Å². The maximum absolute atomic E-state index is 12.4. The molecule has 0 fully saturated rings. The molecule has 1 heterocycles. The van der Waals surface area contributed by atoms with Gasteiger partial charge in [-0.1, -0.05) is 12.6 Å². The number of ether oxygens (including phenoxy) is 1. The molecule has 0 saturated carbocycles. The number of hydrogen-bond donors (Lipinski definition) is 1. The van der Waals surface area contributed by atoms with Gasteiger partial charge in [0, 0.05) is 25.0 Å².